The molecule has 13 heavy (non-hydrogen) atoms. The second-order valence-electron chi connectivity index (χ2n) is 2.49. The van der Waals surface area contributed by atoms with Crippen molar-refractivity contribution in [3.8, 4) is 0 Å². The van der Waals surface area contributed by atoms with Crippen molar-refractivity contribution in [1.82, 2.24) is 5.32 Å². The van der Waals surface area contributed by atoms with Crippen molar-refractivity contribution in [2.75, 3.05) is 0 Å². The van der Waals surface area contributed by atoms with E-state index in [1.165, 1.54) is 0 Å². The van der Waals surface area contributed by atoms with Gasteiger partial charge < -0.3 is 11.1 Å². The van der Waals surface area contributed by atoms with Crippen LogP contribution in [0.1, 0.15) is 6.42 Å². The molecule has 0 aliphatic heterocycles. The van der Waals surface area contributed by atoms with Crippen LogP contribution in [-0.2, 0) is 9.59 Å². The third-order valence-corrected chi connectivity index (χ3v) is 1.45. The lowest BCUT2D eigenvalue weighted by Crippen LogP contribution is -2.37. The highest BCUT2D eigenvalue weighted by molar-refractivity contribution is 6.50. The summed E-state index contributed by atoms with van der Waals surface area (Å²) in [4.78, 5) is 32.1. The number of carbonyl (C=O) groups excluding carboxylic acids is 3. The summed E-state index contributed by atoms with van der Waals surface area (Å²) in [6.45, 7) is 0. The van der Waals surface area contributed by atoms with Gasteiger partial charge in [0.05, 0.1) is 12.1 Å². The average Bonchev–Trinajstić information content (AvgIpc) is 1.98. The number of carbonyl (C=O) groups is 3. The molecule has 0 aromatic rings. The van der Waals surface area contributed by atoms with Crippen molar-refractivity contribution in [3.05, 3.63) is 11.8 Å². The molecular formula is C7H7N3O3. The molecule has 0 unspecified atom stereocenters. The molecule has 6 heteroatoms. The van der Waals surface area contributed by atoms with Crippen LogP contribution in [0, 0.1) is 5.41 Å². The molecule has 1 rings (SSSR count). The predicted molar refractivity (Wildman–Crippen MR) is 43.2 cm³/mol. The van der Waals surface area contributed by atoms with E-state index in [9.17, 15) is 14.4 Å². The van der Waals surface area contributed by atoms with Gasteiger partial charge in [-0.05, 0) is 0 Å². The van der Waals surface area contributed by atoms with Crippen molar-refractivity contribution < 1.29 is 14.4 Å². The van der Waals surface area contributed by atoms with Crippen LogP contribution in [-0.4, -0.2) is 23.3 Å². The number of nitrogens with two attached hydrogens (primary N) is 1. The molecule has 1 aliphatic rings. The van der Waals surface area contributed by atoms with Gasteiger partial charge in [0.25, 0.3) is 0 Å². The van der Waals surface area contributed by atoms with Gasteiger partial charge in [-0.1, -0.05) is 0 Å². The molecule has 0 heterocycles. The largest absolute Gasteiger partial charge is 0.351 e. The minimum Gasteiger partial charge on any atom is -0.351 e. The zero-order valence-electron chi connectivity index (χ0n) is 6.59. The summed E-state index contributed by atoms with van der Waals surface area (Å²) >= 11 is 0. The van der Waals surface area contributed by atoms with Gasteiger partial charge in [-0.3, -0.25) is 15.0 Å². The Kier molecular flexibility index (Phi) is 2.23. The minimum absolute atomic E-state index is 0.131. The second kappa shape index (κ2) is 3.18. The smallest absolute Gasteiger partial charge is 0.316 e. The van der Waals surface area contributed by atoms with Gasteiger partial charge in [-0.25, -0.2) is 4.79 Å². The number of allylic oxidation sites excluding steroid dienone is 2. The van der Waals surface area contributed by atoms with Gasteiger partial charge >= 0.3 is 6.03 Å². The highest BCUT2D eigenvalue weighted by Crippen LogP contribution is 2.05. The highest BCUT2D eigenvalue weighted by Gasteiger charge is 2.24. The fourth-order valence-electron chi connectivity index (χ4n) is 0.912. The summed E-state index contributed by atoms with van der Waals surface area (Å²) in [6.07, 6.45) is 0.706. The van der Waals surface area contributed by atoms with E-state index in [0.717, 1.165) is 6.08 Å². The van der Waals surface area contributed by atoms with Crippen LogP contribution in [0.2, 0.25) is 0 Å². The van der Waals surface area contributed by atoms with Gasteiger partial charge in [0.2, 0.25) is 0 Å². The van der Waals surface area contributed by atoms with Crippen molar-refractivity contribution >= 4 is 23.3 Å². The first-order chi connectivity index (χ1) is 6.00. The topological polar surface area (TPSA) is 113 Å². The molecule has 4 N–H and O–H groups in total. The molecule has 0 aromatic carbocycles. The summed E-state index contributed by atoms with van der Waals surface area (Å²) in [6, 6.07) is -0.904. The molecule has 0 radical (unpaired) electrons. The molecule has 68 valence electrons. The maximum atomic E-state index is 10.9. The average molecular weight is 181 g/mol. The van der Waals surface area contributed by atoms with Crippen LogP contribution in [0.4, 0.5) is 4.79 Å². The van der Waals surface area contributed by atoms with Crippen molar-refractivity contribution in [2.45, 2.75) is 6.42 Å². The van der Waals surface area contributed by atoms with Crippen molar-refractivity contribution in [1.29, 1.82) is 5.41 Å². The second-order valence-corrected chi connectivity index (χ2v) is 2.49. The van der Waals surface area contributed by atoms with E-state index in [1.807, 2.05) is 5.32 Å². The van der Waals surface area contributed by atoms with Gasteiger partial charge in [-0.15, -0.1) is 0 Å². The van der Waals surface area contributed by atoms with E-state index in [1.54, 1.807) is 0 Å². The van der Waals surface area contributed by atoms with E-state index >= 15 is 0 Å². The Bertz CT molecular complexity index is 343. The first-order valence-corrected chi connectivity index (χ1v) is 3.44. The number of amides is 2. The molecule has 0 fully saturated rings. The summed E-state index contributed by atoms with van der Waals surface area (Å²) in [7, 11) is 0. The van der Waals surface area contributed by atoms with Crippen LogP contribution >= 0.6 is 0 Å². The minimum atomic E-state index is -0.904. The fraction of sp³-hybridized carbons (Fsp3) is 0.143. The quantitative estimate of drug-likeness (QED) is 0.455. The fourth-order valence-corrected chi connectivity index (χ4v) is 0.912. The van der Waals surface area contributed by atoms with E-state index in [0.29, 0.717) is 0 Å². The lowest BCUT2D eigenvalue weighted by molar-refractivity contribution is -0.121. The van der Waals surface area contributed by atoms with Gasteiger partial charge in [0.15, 0.2) is 11.6 Å². The van der Waals surface area contributed by atoms with Gasteiger partial charge in [0.1, 0.15) is 5.71 Å². The monoisotopic (exact) mass is 181 g/mol. The number of Topliss-reactive ketones (excluding diaryl/α,β-unsaturated/α-hetero) is 1. The molecule has 2 amide bonds. The Balaban J connectivity index is 2.93. The van der Waals surface area contributed by atoms with Crippen molar-refractivity contribution in [3.63, 3.8) is 0 Å². The zero-order chi connectivity index (χ0) is 10.0. The van der Waals surface area contributed by atoms with Crippen LogP contribution in [0.15, 0.2) is 11.8 Å². The molecule has 0 aromatic heterocycles. The third kappa shape index (κ3) is 1.98. The normalized spacial score (nSPS) is 16.9. The van der Waals surface area contributed by atoms with Crippen LogP contribution in [0.25, 0.3) is 0 Å². The van der Waals surface area contributed by atoms with Crippen LogP contribution in [0.5, 0.6) is 0 Å². The Morgan fingerprint density at radius 1 is 1.54 bits per heavy atom. The highest BCUT2D eigenvalue weighted by atomic mass is 16.2. The summed E-state index contributed by atoms with van der Waals surface area (Å²) in [5.41, 5.74) is 4.25. The number of ketones is 2. The number of nitrogens with one attached hydrogen (secondary N) is 2. The maximum absolute atomic E-state index is 10.9. The van der Waals surface area contributed by atoms with E-state index in [2.05, 4.69) is 0 Å². The maximum Gasteiger partial charge on any atom is 0.316 e. The number of urea groups is 1. The lowest BCUT2D eigenvalue weighted by Gasteiger charge is -2.11. The lowest BCUT2D eigenvalue weighted by atomic mass is 10.0. The van der Waals surface area contributed by atoms with Crippen LogP contribution < -0.4 is 11.1 Å². The van der Waals surface area contributed by atoms with Crippen LogP contribution in [0.3, 0.4) is 0 Å². The van der Waals surface area contributed by atoms with Crippen molar-refractivity contribution in [2.24, 2.45) is 5.73 Å². The summed E-state index contributed by atoms with van der Waals surface area (Å²) in [5.74, 6) is -1.05. The number of hydrogen-bond donors (Lipinski definition) is 3. The van der Waals surface area contributed by atoms with Gasteiger partial charge in [0, 0.05) is 6.08 Å². The first-order valence-electron chi connectivity index (χ1n) is 3.44. The Morgan fingerprint density at radius 3 is 2.69 bits per heavy atom. The molecule has 0 saturated carbocycles. The number of rotatable bonds is 1. The molecular weight excluding hydrogens is 174 g/mol. The van der Waals surface area contributed by atoms with E-state index in [-0.39, 0.29) is 12.1 Å². The molecule has 0 saturated heterocycles. The Morgan fingerprint density at radius 2 is 2.15 bits per heavy atom. The molecule has 0 spiro atoms. The molecule has 1 aliphatic carbocycles. The Labute approximate surface area is 73.3 Å². The molecule has 6 nitrogen and oxygen atoms in total. The zero-order valence-corrected chi connectivity index (χ0v) is 6.59. The summed E-state index contributed by atoms with van der Waals surface area (Å²) < 4.78 is 0. The number of primary amides is 1. The van der Waals surface area contributed by atoms with Gasteiger partial charge in [-0.2, -0.15) is 0 Å². The van der Waals surface area contributed by atoms with E-state index < -0.39 is 23.3 Å². The Hall–Kier alpha value is -1.98. The summed E-state index contributed by atoms with van der Waals surface area (Å²) in [5, 5.41) is 9.22. The predicted octanol–water partition coefficient (Wildman–Crippen LogP) is -0.900. The number of hydrogen-bond acceptors (Lipinski definition) is 4. The molecule has 0 atom stereocenters. The third-order valence-electron chi connectivity index (χ3n) is 1.45. The SMILES string of the molecule is N=C1C(=O)CC(=O)C=C1NC(N)=O. The standard InChI is InChI=1S/C7H7N3O3/c8-6-4(10-7(9)13)1-3(11)2-5(6)12/h1,8H,2H2,(H3,9,10,13). The van der Waals surface area contributed by atoms with E-state index in [4.69, 9.17) is 11.1 Å². The molecule has 0 bridgehead atoms. The first kappa shape index (κ1) is 9.11.